The van der Waals surface area contributed by atoms with E-state index in [9.17, 15) is 10.1 Å². The summed E-state index contributed by atoms with van der Waals surface area (Å²) in [7, 11) is 1.70. The van der Waals surface area contributed by atoms with Crippen LogP contribution in [0.4, 0.5) is 0 Å². The van der Waals surface area contributed by atoms with Gasteiger partial charge in [0.2, 0.25) is 0 Å². The number of nitriles is 1. The molecular weight excluding hydrogens is 326 g/mol. The monoisotopic (exact) mass is 347 g/mol. The standard InChI is InChI=1S/C21H21N3O2/c1-26-13-17-9-18(11-23-17)24-12-16-7-6-14(8-20(16)21(24)25)19-5-3-2-4-15(19)10-22/h2-8,17-18,23H,9,11-13H2,1H3/t17-,18+/m0/s1. The number of benzene rings is 2. The minimum absolute atomic E-state index is 0.0844. The molecular formula is C21H21N3O2. The Labute approximate surface area is 153 Å². The summed E-state index contributed by atoms with van der Waals surface area (Å²) < 4.78 is 5.22. The number of ether oxygens (including phenoxy) is 1. The summed E-state index contributed by atoms with van der Waals surface area (Å²) in [4.78, 5) is 15.0. The van der Waals surface area contributed by atoms with Gasteiger partial charge >= 0.3 is 0 Å². The number of nitrogens with one attached hydrogen (secondary N) is 1. The third kappa shape index (κ3) is 2.88. The van der Waals surface area contributed by atoms with Crippen molar-refractivity contribution in [2.45, 2.75) is 25.0 Å². The van der Waals surface area contributed by atoms with Crippen LogP contribution in [-0.4, -0.2) is 43.2 Å². The highest BCUT2D eigenvalue weighted by Crippen LogP contribution is 2.32. The number of carbonyl (C=O) groups excluding carboxylic acids is 1. The van der Waals surface area contributed by atoms with Crippen LogP contribution >= 0.6 is 0 Å². The Kier molecular flexibility index (Phi) is 4.46. The lowest BCUT2D eigenvalue weighted by atomic mass is 9.97. The fourth-order valence-corrected chi connectivity index (χ4v) is 3.98. The van der Waals surface area contributed by atoms with E-state index >= 15 is 0 Å². The van der Waals surface area contributed by atoms with Crippen molar-refractivity contribution < 1.29 is 9.53 Å². The predicted molar refractivity (Wildman–Crippen MR) is 98.5 cm³/mol. The van der Waals surface area contributed by atoms with Gasteiger partial charge in [-0.15, -0.1) is 0 Å². The number of carbonyl (C=O) groups is 1. The maximum Gasteiger partial charge on any atom is 0.254 e. The van der Waals surface area contributed by atoms with Crippen LogP contribution in [0, 0.1) is 11.3 Å². The Bertz CT molecular complexity index is 887. The van der Waals surface area contributed by atoms with Gasteiger partial charge < -0.3 is 15.0 Å². The van der Waals surface area contributed by atoms with Crippen molar-refractivity contribution in [1.29, 1.82) is 5.26 Å². The third-order valence-electron chi connectivity index (χ3n) is 5.31. The van der Waals surface area contributed by atoms with E-state index in [4.69, 9.17) is 4.74 Å². The van der Waals surface area contributed by atoms with E-state index < -0.39 is 0 Å². The first-order chi connectivity index (χ1) is 12.7. The molecule has 2 aromatic carbocycles. The molecule has 5 heteroatoms. The zero-order valence-corrected chi connectivity index (χ0v) is 14.7. The van der Waals surface area contributed by atoms with Gasteiger partial charge in [0, 0.05) is 37.8 Å². The highest BCUT2D eigenvalue weighted by Gasteiger charge is 2.36. The molecule has 2 heterocycles. The molecule has 132 valence electrons. The van der Waals surface area contributed by atoms with Crippen molar-refractivity contribution in [3.8, 4) is 17.2 Å². The zero-order chi connectivity index (χ0) is 18.1. The van der Waals surface area contributed by atoms with Gasteiger partial charge in [-0.25, -0.2) is 0 Å². The molecule has 2 aliphatic heterocycles. The molecule has 1 N–H and O–H groups in total. The molecule has 26 heavy (non-hydrogen) atoms. The number of methoxy groups -OCH3 is 1. The summed E-state index contributed by atoms with van der Waals surface area (Å²) in [5.41, 5.74) is 4.22. The van der Waals surface area contributed by atoms with Crippen LogP contribution in [0.2, 0.25) is 0 Å². The molecule has 0 unspecified atom stereocenters. The molecule has 0 aliphatic carbocycles. The molecule has 2 atom stereocenters. The van der Waals surface area contributed by atoms with Crippen LogP contribution in [0.5, 0.6) is 0 Å². The minimum Gasteiger partial charge on any atom is -0.383 e. The fraction of sp³-hybridized carbons (Fsp3) is 0.333. The van der Waals surface area contributed by atoms with Crippen LogP contribution in [-0.2, 0) is 11.3 Å². The first kappa shape index (κ1) is 16.8. The Morgan fingerprint density at radius 2 is 2.12 bits per heavy atom. The summed E-state index contributed by atoms with van der Waals surface area (Å²) in [6, 6.07) is 16.2. The Morgan fingerprint density at radius 1 is 1.27 bits per heavy atom. The van der Waals surface area contributed by atoms with Crippen molar-refractivity contribution in [1.82, 2.24) is 10.2 Å². The van der Waals surface area contributed by atoms with Gasteiger partial charge in [0.25, 0.3) is 5.91 Å². The van der Waals surface area contributed by atoms with Crippen molar-refractivity contribution >= 4 is 5.91 Å². The quantitative estimate of drug-likeness (QED) is 0.923. The molecule has 1 fully saturated rings. The van der Waals surface area contributed by atoms with E-state index in [1.165, 1.54) is 0 Å². The Hall–Kier alpha value is -2.68. The largest absolute Gasteiger partial charge is 0.383 e. The van der Waals surface area contributed by atoms with Crippen molar-refractivity contribution in [2.24, 2.45) is 0 Å². The Morgan fingerprint density at radius 3 is 2.92 bits per heavy atom. The van der Waals surface area contributed by atoms with E-state index in [1.807, 2.05) is 41.3 Å². The van der Waals surface area contributed by atoms with E-state index in [0.29, 0.717) is 24.8 Å². The molecule has 1 amide bonds. The molecule has 2 aliphatic rings. The van der Waals surface area contributed by atoms with E-state index in [1.54, 1.807) is 13.2 Å². The summed E-state index contributed by atoms with van der Waals surface area (Å²) in [6.07, 6.45) is 0.914. The lowest BCUT2D eigenvalue weighted by Crippen LogP contribution is -2.36. The predicted octanol–water partition coefficient (Wildman–Crippen LogP) is 2.56. The van der Waals surface area contributed by atoms with E-state index in [-0.39, 0.29) is 11.9 Å². The number of rotatable bonds is 4. The number of fused-ring (bicyclic) bond motifs is 1. The van der Waals surface area contributed by atoms with Crippen LogP contribution < -0.4 is 5.32 Å². The van der Waals surface area contributed by atoms with Crippen molar-refractivity contribution in [3.63, 3.8) is 0 Å². The maximum atomic E-state index is 13.0. The highest BCUT2D eigenvalue weighted by atomic mass is 16.5. The Balaban J connectivity index is 1.59. The van der Waals surface area contributed by atoms with Crippen molar-refractivity contribution in [2.75, 3.05) is 20.3 Å². The second-order valence-electron chi connectivity index (χ2n) is 6.91. The van der Waals surface area contributed by atoms with Gasteiger partial charge in [-0.1, -0.05) is 30.3 Å². The first-order valence-corrected chi connectivity index (χ1v) is 8.87. The van der Waals surface area contributed by atoms with Crippen LogP contribution in [0.1, 0.15) is 27.9 Å². The zero-order valence-electron chi connectivity index (χ0n) is 14.7. The molecule has 0 saturated carbocycles. The molecule has 4 rings (SSSR count). The number of hydrogen-bond acceptors (Lipinski definition) is 4. The number of nitrogens with zero attached hydrogens (tertiary/aromatic N) is 2. The summed E-state index contributed by atoms with van der Waals surface area (Å²) in [6.45, 7) is 2.12. The number of amides is 1. The first-order valence-electron chi connectivity index (χ1n) is 8.87. The van der Waals surface area contributed by atoms with Gasteiger partial charge in [-0.3, -0.25) is 4.79 Å². The topological polar surface area (TPSA) is 65.4 Å². The second kappa shape index (κ2) is 6.91. The minimum atomic E-state index is 0.0844. The summed E-state index contributed by atoms with van der Waals surface area (Å²) >= 11 is 0. The van der Waals surface area contributed by atoms with Gasteiger partial charge in [0.1, 0.15) is 0 Å². The molecule has 0 radical (unpaired) electrons. The van der Waals surface area contributed by atoms with Gasteiger partial charge in [-0.2, -0.15) is 5.26 Å². The number of hydrogen-bond donors (Lipinski definition) is 1. The SMILES string of the molecule is COC[C@@H]1C[C@@H](N2Cc3ccc(-c4ccccc4C#N)cc3C2=O)CN1. The molecule has 0 bridgehead atoms. The average molecular weight is 347 g/mol. The van der Waals surface area contributed by atoms with Crippen LogP contribution in [0.3, 0.4) is 0 Å². The molecule has 5 nitrogen and oxygen atoms in total. The average Bonchev–Trinajstić information content (AvgIpc) is 3.26. The smallest absolute Gasteiger partial charge is 0.254 e. The molecule has 1 saturated heterocycles. The van der Waals surface area contributed by atoms with Gasteiger partial charge in [0.05, 0.1) is 18.2 Å². The second-order valence-corrected chi connectivity index (χ2v) is 6.91. The van der Waals surface area contributed by atoms with Crippen LogP contribution in [0.15, 0.2) is 42.5 Å². The third-order valence-corrected chi connectivity index (χ3v) is 5.31. The molecule has 0 spiro atoms. The van der Waals surface area contributed by atoms with Gasteiger partial charge in [0.15, 0.2) is 0 Å². The van der Waals surface area contributed by atoms with E-state index in [0.717, 1.165) is 35.2 Å². The van der Waals surface area contributed by atoms with Crippen molar-refractivity contribution in [3.05, 3.63) is 59.2 Å². The fourth-order valence-electron chi connectivity index (χ4n) is 3.98. The maximum absolute atomic E-state index is 13.0. The lowest BCUT2D eigenvalue weighted by molar-refractivity contribution is 0.0711. The van der Waals surface area contributed by atoms with Gasteiger partial charge in [-0.05, 0) is 35.2 Å². The summed E-state index contributed by atoms with van der Waals surface area (Å²) in [5.74, 6) is 0.0844. The molecule has 2 aromatic rings. The summed E-state index contributed by atoms with van der Waals surface area (Å²) in [5, 5.41) is 12.8. The lowest BCUT2D eigenvalue weighted by Gasteiger charge is -2.23. The highest BCUT2D eigenvalue weighted by molar-refractivity contribution is 6.00. The molecule has 0 aromatic heterocycles. The van der Waals surface area contributed by atoms with Crippen LogP contribution in [0.25, 0.3) is 11.1 Å². The van der Waals surface area contributed by atoms with E-state index in [2.05, 4.69) is 11.4 Å². The normalized spacial score (nSPS) is 21.7.